The molecule has 0 unspecified atom stereocenters. The average molecular weight is 595 g/mol. The van der Waals surface area contributed by atoms with Crippen molar-refractivity contribution >= 4 is 18.3 Å². The van der Waals surface area contributed by atoms with Crippen molar-refractivity contribution in [2.24, 2.45) is 0 Å². The Bertz CT molecular complexity index is 487. The largest absolute Gasteiger partial charge is 0.493 e. The van der Waals surface area contributed by atoms with Crippen molar-refractivity contribution in [2.45, 2.75) is 25.9 Å². The Kier molecular flexibility index (Phi) is 9.95. The zero-order chi connectivity index (χ0) is 16.4. The molecule has 0 N–H and O–H groups in total. The summed E-state index contributed by atoms with van der Waals surface area (Å²) in [6, 6.07) is 2.97. The molecule has 0 saturated heterocycles. The number of nitro benzene ring substituents is 1. The minimum Gasteiger partial charge on any atom is -0.493 e. The van der Waals surface area contributed by atoms with Crippen LogP contribution in [-0.4, -0.2) is 31.0 Å². The van der Waals surface area contributed by atoms with Gasteiger partial charge in [-0.3, -0.25) is 10.1 Å². The standard InChI is InChI=1S/C15H22NO5S.Rf/c1-3-6-21-15-10-13(16(17)18)12(9-14(15)19-2)11-20-7-4-5-8-22;/h9-10,22H,1,3-8,11H2,2H3;/q-1;. The molecule has 0 spiro atoms. The number of nitrogens with zero attached hydrogens (tertiary/aromatic N) is 1. The molecule has 0 aliphatic rings. The maximum Gasteiger partial charge on any atom is 0.278 e. The van der Waals surface area contributed by atoms with Gasteiger partial charge in [0.1, 0.15) is 0 Å². The van der Waals surface area contributed by atoms with Crippen molar-refractivity contribution in [2.75, 3.05) is 26.1 Å². The van der Waals surface area contributed by atoms with Gasteiger partial charge >= 0.3 is 0 Å². The van der Waals surface area contributed by atoms with Crippen LogP contribution in [0.15, 0.2) is 12.1 Å². The van der Waals surface area contributed by atoms with Crippen LogP contribution in [0.1, 0.15) is 24.8 Å². The first-order valence-electron chi connectivity index (χ1n) is 7.10. The second-order valence-corrected chi connectivity index (χ2v) is 5.02. The predicted molar refractivity (Wildman–Crippen MR) is 87.9 cm³/mol. The summed E-state index contributed by atoms with van der Waals surface area (Å²) in [5, 5.41) is 11.2. The van der Waals surface area contributed by atoms with Gasteiger partial charge in [-0.2, -0.15) is 12.6 Å². The molecule has 0 heterocycles. The predicted octanol–water partition coefficient (Wildman–Crippen LogP) is 3.43. The number of thiol groups is 1. The summed E-state index contributed by atoms with van der Waals surface area (Å²) in [6.45, 7) is 4.74. The summed E-state index contributed by atoms with van der Waals surface area (Å²) in [7, 11) is 1.50. The van der Waals surface area contributed by atoms with Crippen molar-refractivity contribution in [3.63, 3.8) is 0 Å². The van der Waals surface area contributed by atoms with Gasteiger partial charge in [-0.15, -0.1) is 6.42 Å². The molecule has 0 radical (unpaired) electrons. The monoisotopic (exact) mass is 595 g/mol. The van der Waals surface area contributed by atoms with E-state index >= 15 is 0 Å². The molecular weight excluding hydrogens is 573 g/mol. The van der Waals surface area contributed by atoms with E-state index in [1.54, 1.807) is 6.07 Å². The minimum atomic E-state index is -0.442. The Morgan fingerprint density at radius 2 is 2.00 bits per heavy atom. The molecule has 0 aliphatic carbocycles. The Hall–Kier alpha value is -2.47. The number of benzene rings is 1. The zero-order valence-corrected chi connectivity index (χ0v) is 20.7. The van der Waals surface area contributed by atoms with E-state index in [9.17, 15) is 10.1 Å². The Labute approximate surface area is 136 Å². The maximum atomic E-state index is 11.2. The van der Waals surface area contributed by atoms with Gasteiger partial charge < -0.3 is 21.1 Å². The first-order chi connectivity index (χ1) is 10.6. The van der Waals surface area contributed by atoms with E-state index in [-0.39, 0.29) is 12.3 Å². The molecule has 8 heteroatoms. The third kappa shape index (κ3) is 6.44. The zero-order valence-electron chi connectivity index (χ0n) is 13.5. The molecule has 0 aliphatic heterocycles. The van der Waals surface area contributed by atoms with Gasteiger partial charge in [-0.1, -0.05) is 0 Å². The third-order valence-corrected chi connectivity index (χ3v) is 3.23. The number of hydrogen-bond donors (Lipinski definition) is 1. The molecule has 1 rings (SSSR count). The summed E-state index contributed by atoms with van der Waals surface area (Å²) in [5.74, 6) is 1.60. The van der Waals surface area contributed by atoms with Gasteiger partial charge in [0.05, 0.1) is 36.9 Å². The first-order valence-corrected chi connectivity index (χ1v) is 7.73. The Morgan fingerprint density at radius 3 is 2.57 bits per heavy atom. The fourth-order valence-electron chi connectivity index (χ4n) is 1.83. The van der Waals surface area contributed by atoms with Crippen LogP contribution in [0.2, 0.25) is 0 Å². The minimum absolute atomic E-state index is 0. The van der Waals surface area contributed by atoms with Crippen LogP contribution in [0.4, 0.5) is 5.69 Å². The number of rotatable bonds is 11. The average Bonchev–Trinajstić information content (AvgIpc) is 2.52. The maximum absolute atomic E-state index is 11.2. The summed E-state index contributed by atoms with van der Waals surface area (Å²) < 4.78 is 16.2. The summed E-state index contributed by atoms with van der Waals surface area (Å²) >= 11 is 4.12. The number of methoxy groups -OCH3 is 1. The summed E-state index contributed by atoms with van der Waals surface area (Å²) in [5.41, 5.74) is 0.434. The van der Waals surface area contributed by atoms with E-state index < -0.39 is 4.92 Å². The first kappa shape index (κ1) is 20.5. The van der Waals surface area contributed by atoms with Crippen LogP contribution in [0.25, 0.3) is 0 Å². The van der Waals surface area contributed by atoms with Crippen LogP contribution >= 0.6 is 12.6 Å². The number of unbranched alkanes of at least 4 members (excludes halogenated alkanes) is 1. The van der Waals surface area contributed by atoms with Crippen LogP contribution < -0.4 is 9.47 Å². The number of nitro groups is 1. The van der Waals surface area contributed by atoms with E-state index in [2.05, 4.69) is 19.6 Å². The number of ether oxygens (including phenoxy) is 3. The van der Waals surface area contributed by atoms with Crippen molar-refractivity contribution in [1.29, 1.82) is 0 Å². The fraction of sp³-hybridized carbons (Fsp3) is 0.533. The van der Waals surface area contributed by atoms with Gasteiger partial charge in [0, 0.05) is 6.61 Å². The second kappa shape index (κ2) is 11.1. The SMILES string of the molecule is [CH2-]CCOc1cc([N+](=O)[O-])c(COCCCCS)cc1OC.[Rf]. The topological polar surface area (TPSA) is 70.8 Å². The smallest absolute Gasteiger partial charge is 0.278 e. The van der Waals surface area contributed by atoms with Crippen LogP contribution in [-0.2, 0) is 11.3 Å². The molecule has 6 nitrogen and oxygen atoms in total. The molecule has 1 aromatic carbocycles. The van der Waals surface area contributed by atoms with E-state index in [1.807, 2.05) is 0 Å². The Balaban J connectivity index is 0.00000484. The van der Waals surface area contributed by atoms with Crippen molar-refractivity contribution in [1.82, 2.24) is 0 Å². The van der Waals surface area contributed by atoms with Gasteiger partial charge in [-0.05, 0) is 24.7 Å². The van der Waals surface area contributed by atoms with E-state index in [0.29, 0.717) is 36.7 Å². The quantitative estimate of drug-likeness (QED) is 0.140. The van der Waals surface area contributed by atoms with Crippen molar-refractivity contribution in [3.8, 4) is 11.5 Å². The van der Waals surface area contributed by atoms with Crippen LogP contribution in [0, 0.1) is 17.0 Å². The van der Waals surface area contributed by atoms with E-state index in [0.717, 1.165) is 18.6 Å². The van der Waals surface area contributed by atoms with Gasteiger partial charge in [0.15, 0.2) is 11.5 Å². The molecule has 0 amide bonds. The second-order valence-electron chi connectivity index (χ2n) is 4.57. The van der Waals surface area contributed by atoms with Gasteiger partial charge in [-0.25, -0.2) is 0 Å². The molecule has 1 aromatic rings. The number of hydrogen-bond acceptors (Lipinski definition) is 6. The molecule has 0 fully saturated rings. The molecule has 0 aromatic heterocycles. The summed E-state index contributed by atoms with van der Waals surface area (Å²) in [6.07, 6.45) is 2.39. The third-order valence-electron chi connectivity index (χ3n) is 2.92. The molecule has 0 atom stereocenters. The molecule has 126 valence electrons. The Morgan fingerprint density at radius 1 is 1.26 bits per heavy atom. The van der Waals surface area contributed by atoms with Crippen molar-refractivity contribution < 1.29 is 19.1 Å². The summed E-state index contributed by atoms with van der Waals surface area (Å²) in [4.78, 5) is 10.8. The molecule has 0 bridgehead atoms. The normalized spacial score (nSPS) is 10.0. The molecule has 23 heavy (non-hydrogen) atoms. The van der Waals surface area contributed by atoms with Crippen LogP contribution in [0.5, 0.6) is 11.5 Å². The van der Waals surface area contributed by atoms with E-state index in [1.165, 1.54) is 13.2 Å². The fourth-order valence-corrected chi connectivity index (χ4v) is 2.05. The van der Waals surface area contributed by atoms with E-state index in [4.69, 9.17) is 14.2 Å². The molecular formula is C15H22NO5RfS-. The molecule has 0 saturated carbocycles. The van der Waals surface area contributed by atoms with Gasteiger partial charge in [0.2, 0.25) is 0 Å². The van der Waals surface area contributed by atoms with Crippen LogP contribution in [0.3, 0.4) is 0 Å². The van der Waals surface area contributed by atoms with Crippen molar-refractivity contribution in [3.05, 3.63) is 34.7 Å². The van der Waals surface area contributed by atoms with Gasteiger partial charge in [0.25, 0.3) is 5.69 Å².